The molecule has 0 aliphatic rings. The average Bonchev–Trinajstić information content (AvgIpc) is 2.46. The molecule has 0 saturated heterocycles. The van der Waals surface area contributed by atoms with Crippen molar-refractivity contribution in [1.29, 1.82) is 0 Å². The molecule has 1 atom stereocenters. The van der Waals surface area contributed by atoms with Gasteiger partial charge < -0.3 is 10.1 Å². The van der Waals surface area contributed by atoms with Crippen LogP contribution in [0.1, 0.15) is 23.1 Å². The van der Waals surface area contributed by atoms with Gasteiger partial charge >= 0.3 is 0 Å². The molecule has 2 rings (SSSR count). The Bertz CT molecular complexity index is 679. The first-order chi connectivity index (χ1) is 10.0. The van der Waals surface area contributed by atoms with Gasteiger partial charge in [0.05, 0.1) is 13.2 Å². The second kappa shape index (κ2) is 6.54. The lowest BCUT2D eigenvalue weighted by molar-refractivity contribution is 0.411. The van der Waals surface area contributed by atoms with Crippen LogP contribution < -0.4 is 15.6 Å². The molecule has 21 heavy (non-hydrogen) atoms. The maximum absolute atomic E-state index is 12.1. The van der Waals surface area contributed by atoms with E-state index in [2.05, 4.69) is 10.3 Å². The van der Waals surface area contributed by atoms with Crippen LogP contribution in [0.4, 0.5) is 0 Å². The Morgan fingerprint density at radius 2 is 2.10 bits per heavy atom. The summed E-state index contributed by atoms with van der Waals surface area (Å²) in [6.07, 6.45) is 0. The first-order valence-corrected chi connectivity index (χ1v) is 6.91. The van der Waals surface area contributed by atoms with E-state index in [1.165, 1.54) is 0 Å². The zero-order chi connectivity index (χ0) is 15.4. The number of nitrogens with zero attached hydrogens (tertiary/aromatic N) is 2. The lowest BCUT2D eigenvalue weighted by atomic mass is 10.1. The zero-order valence-electron chi connectivity index (χ0n) is 12.9. The third-order valence-electron chi connectivity index (χ3n) is 3.54. The van der Waals surface area contributed by atoms with Gasteiger partial charge in [-0.3, -0.25) is 9.36 Å². The van der Waals surface area contributed by atoms with Crippen LogP contribution in [-0.2, 0) is 6.54 Å². The van der Waals surface area contributed by atoms with Crippen LogP contribution in [0.2, 0.25) is 0 Å². The number of ether oxygens (including phenoxy) is 1. The molecule has 1 N–H and O–H groups in total. The molecule has 1 unspecified atom stereocenters. The van der Waals surface area contributed by atoms with Crippen LogP contribution >= 0.6 is 0 Å². The highest BCUT2D eigenvalue weighted by molar-refractivity contribution is 5.30. The number of aromatic nitrogens is 2. The molecule has 0 radical (unpaired) electrons. The lowest BCUT2D eigenvalue weighted by Crippen LogP contribution is -2.30. The predicted octanol–water partition coefficient (Wildman–Crippen LogP) is 1.83. The fraction of sp³-hybridized carbons (Fsp3) is 0.375. The van der Waals surface area contributed by atoms with Gasteiger partial charge in [-0.1, -0.05) is 12.1 Å². The SMILES string of the molecule is CNC(Cn1c(C)nc(C)cc1=O)c1cccc(OC)c1. The minimum Gasteiger partial charge on any atom is -0.497 e. The molecule has 0 aliphatic carbocycles. The van der Waals surface area contributed by atoms with Gasteiger partial charge in [-0.05, 0) is 38.6 Å². The fourth-order valence-corrected chi connectivity index (χ4v) is 2.39. The predicted molar refractivity (Wildman–Crippen MR) is 82.8 cm³/mol. The number of methoxy groups -OCH3 is 1. The summed E-state index contributed by atoms with van der Waals surface area (Å²) in [5.74, 6) is 1.53. The Balaban J connectivity index is 2.33. The molecule has 0 spiro atoms. The molecule has 112 valence electrons. The van der Waals surface area contributed by atoms with Gasteiger partial charge in [0.1, 0.15) is 11.6 Å². The molecule has 0 fully saturated rings. The minimum absolute atomic E-state index is 0.0148. The van der Waals surface area contributed by atoms with Gasteiger partial charge in [0.15, 0.2) is 0 Å². The molecule has 0 amide bonds. The van der Waals surface area contributed by atoms with E-state index in [1.807, 2.05) is 45.2 Å². The molecule has 1 aromatic carbocycles. The maximum atomic E-state index is 12.1. The Kier molecular flexibility index (Phi) is 4.75. The quantitative estimate of drug-likeness (QED) is 0.911. The number of nitrogens with one attached hydrogen (secondary N) is 1. The molecule has 0 bridgehead atoms. The minimum atomic E-state index is -0.0249. The molecule has 2 aromatic rings. The van der Waals surface area contributed by atoms with Crippen molar-refractivity contribution in [1.82, 2.24) is 14.9 Å². The first kappa shape index (κ1) is 15.3. The summed E-state index contributed by atoms with van der Waals surface area (Å²) >= 11 is 0. The molecule has 1 heterocycles. The van der Waals surface area contributed by atoms with E-state index in [1.54, 1.807) is 17.7 Å². The molecule has 5 heteroatoms. The molecular formula is C16H21N3O2. The number of hydrogen-bond donors (Lipinski definition) is 1. The summed E-state index contributed by atoms with van der Waals surface area (Å²) < 4.78 is 6.94. The van der Waals surface area contributed by atoms with Crippen LogP contribution in [0.3, 0.4) is 0 Å². The van der Waals surface area contributed by atoms with Crippen LogP contribution in [-0.4, -0.2) is 23.7 Å². The third kappa shape index (κ3) is 3.49. The van der Waals surface area contributed by atoms with E-state index >= 15 is 0 Å². The largest absolute Gasteiger partial charge is 0.497 e. The number of rotatable bonds is 5. The van der Waals surface area contributed by atoms with Crippen molar-refractivity contribution in [3.63, 3.8) is 0 Å². The smallest absolute Gasteiger partial charge is 0.253 e. The van der Waals surface area contributed by atoms with Crippen LogP contribution in [0.25, 0.3) is 0 Å². The van der Waals surface area contributed by atoms with E-state index in [0.717, 1.165) is 22.8 Å². The fourth-order valence-electron chi connectivity index (χ4n) is 2.39. The van der Waals surface area contributed by atoms with Crippen molar-refractivity contribution < 1.29 is 4.74 Å². The van der Waals surface area contributed by atoms with Crippen molar-refractivity contribution in [2.45, 2.75) is 26.4 Å². The summed E-state index contributed by atoms with van der Waals surface area (Å²) in [6, 6.07) is 9.42. The van der Waals surface area contributed by atoms with Crippen LogP contribution in [0.15, 0.2) is 35.1 Å². The first-order valence-electron chi connectivity index (χ1n) is 6.91. The van der Waals surface area contributed by atoms with E-state index in [4.69, 9.17) is 4.74 Å². The van der Waals surface area contributed by atoms with Crippen LogP contribution in [0.5, 0.6) is 5.75 Å². The van der Waals surface area contributed by atoms with Gasteiger partial charge in [0.25, 0.3) is 5.56 Å². The van der Waals surface area contributed by atoms with E-state index in [0.29, 0.717) is 6.54 Å². The Hall–Kier alpha value is -2.14. The molecule has 1 aromatic heterocycles. The summed E-state index contributed by atoms with van der Waals surface area (Å²) in [5, 5.41) is 3.24. The Labute approximate surface area is 124 Å². The highest BCUT2D eigenvalue weighted by Gasteiger charge is 2.13. The maximum Gasteiger partial charge on any atom is 0.253 e. The molecular weight excluding hydrogens is 266 g/mol. The van der Waals surface area contributed by atoms with E-state index in [-0.39, 0.29) is 11.6 Å². The highest BCUT2D eigenvalue weighted by atomic mass is 16.5. The summed E-state index contributed by atoms with van der Waals surface area (Å²) in [6.45, 7) is 4.21. The number of benzene rings is 1. The van der Waals surface area contributed by atoms with Crippen molar-refractivity contribution in [3.05, 3.63) is 57.8 Å². The van der Waals surface area contributed by atoms with Crippen molar-refractivity contribution in [3.8, 4) is 5.75 Å². The molecule has 5 nitrogen and oxygen atoms in total. The van der Waals surface area contributed by atoms with E-state index in [9.17, 15) is 4.79 Å². The summed E-state index contributed by atoms with van der Waals surface area (Å²) in [5.41, 5.74) is 1.79. The zero-order valence-corrected chi connectivity index (χ0v) is 12.9. The van der Waals surface area contributed by atoms with Gasteiger partial charge in [-0.2, -0.15) is 0 Å². The monoisotopic (exact) mass is 287 g/mol. The third-order valence-corrected chi connectivity index (χ3v) is 3.54. The second-order valence-electron chi connectivity index (χ2n) is 5.01. The van der Waals surface area contributed by atoms with Gasteiger partial charge in [-0.25, -0.2) is 4.98 Å². The number of hydrogen-bond acceptors (Lipinski definition) is 4. The Morgan fingerprint density at radius 3 is 2.71 bits per heavy atom. The number of aryl methyl sites for hydroxylation is 2. The topological polar surface area (TPSA) is 56.2 Å². The summed E-state index contributed by atoms with van der Waals surface area (Å²) in [7, 11) is 3.53. The van der Waals surface area contributed by atoms with Crippen molar-refractivity contribution in [2.24, 2.45) is 0 Å². The molecule has 0 saturated carbocycles. The van der Waals surface area contributed by atoms with Gasteiger partial charge in [0, 0.05) is 18.3 Å². The van der Waals surface area contributed by atoms with Crippen molar-refractivity contribution >= 4 is 0 Å². The Morgan fingerprint density at radius 1 is 1.33 bits per heavy atom. The average molecular weight is 287 g/mol. The van der Waals surface area contributed by atoms with Crippen molar-refractivity contribution in [2.75, 3.05) is 14.2 Å². The van der Waals surface area contributed by atoms with Gasteiger partial charge in [-0.15, -0.1) is 0 Å². The highest BCUT2D eigenvalue weighted by Crippen LogP contribution is 2.20. The van der Waals surface area contributed by atoms with Crippen LogP contribution in [0, 0.1) is 13.8 Å². The number of likely N-dealkylation sites (N-methyl/N-ethyl adjacent to an activating group) is 1. The standard InChI is InChI=1S/C16H21N3O2/c1-11-8-16(20)19(12(2)18-11)10-15(17-3)13-6-5-7-14(9-13)21-4/h5-9,15,17H,10H2,1-4H3. The normalized spacial score (nSPS) is 12.2. The van der Waals surface area contributed by atoms with Gasteiger partial charge in [0.2, 0.25) is 0 Å². The second-order valence-corrected chi connectivity index (χ2v) is 5.01. The molecule has 0 aliphatic heterocycles. The van der Waals surface area contributed by atoms with E-state index < -0.39 is 0 Å². The lowest BCUT2D eigenvalue weighted by Gasteiger charge is -2.20. The summed E-state index contributed by atoms with van der Waals surface area (Å²) in [4.78, 5) is 16.5.